The highest BCUT2D eigenvalue weighted by atomic mass is 19.4. The number of nitrogens with two attached hydrogens (primary N) is 1. The van der Waals surface area contributed by atoms with Crippen molar-refractivity contribution in [3.8, 4) is 0 Å². The lowest BCUT2D eigenvalue weighted by atomic mass is 9.98. The number of methoxy groups -OCH3 is 1. The summed E-state index contributed by atoms with van der Waals surface area (Å²) >= 11 is 0. The molecule has 1 atom stereocenters. The number of hydrogen-bond acceptors (Lipinski definition) is 8. The molecule has 8 nitrogen and oxygen atoms in total. The average molecular weight is 497 g/mol. The molecule has 1 aliphatic rings. The van der Waals surface area contributed by atoms with Crippen molar-refractivity contribution in [2.45, 2.75) is 31.7 Å². The maximum absolute atomic E-state index is 13.7. The van der Waals surface area contributed by atoms with Crippen LogP contribution in [-0.2, 0) is 20.9 Å². The van der Waals surface area contributed by atoms with E-state index in [1.54, 1.807) is 0 Å². The Morgan fingerprint density at radius 2 is 1.97 bits per heavy atom. The van der Waals surface area contributed by atoms with Crippen LogP contribution in [0.3, 0.4) is 0 Å². The van der Waals surface area contributed by atoms with Crippen molar-refractivity contribution in [3.05, 3.63) is 65.5 Å². The fourth-order valence-electron chi connectivity index (χ4n) is 3.00. The van der Waals surface area contributed by atoms with E-state index in [0.29, 0.717) is 11.8 Å². The molecule has 0 saturated carbocycles. The monoisotopic (exact) mass is 497 g/mol. The summed E-state index contributed by atoms with van der Waals surface area (Å²) in [7, 11) is 1.13. The molecule has 2 aromatic rings. The van der Waals surface area contributed by atoms with Crippen molar-refractivity contribution in [3.63, 3.8) is 0 Å². The number of allylic oxidation sites excluding steroid dienone is 2. The normalized spacial score (nSPS) is 18.7. The predicted octanol–water partition coefficient (Wildman–Crippen LogP) is 4.16. The third-order valence-electron chi connectivity index (χ3n) is 4.91. The van der Waals surface area contributed by atoms with Crippen LogP contribution in [0.25, 0.3) is 0 Å². The summed E-state index contributed by atoms with van der Waals surface area (Å²) in [5.74, 6) is -2.54. The van der Waals surface area contributed by atoms with Gasteiger partial charge in [-0.05, 0) is 37.3 Å². The Morgan fingerprint density at radius 1 is 1.29 bits per heavy atom. The molecule has 13 heteroatoms. The van der Waals surface area contributed by atoms with E-state index in [1.807, 2.05) is 0 Å². The van der Waals surface area contributed by atoms with E-state index in [2.05, 4.69) is 25.2 Å². The van der Waals surface area contributed by atoms with Crippen molar-refractivity contribution in [1.82, 2.24) is 4.98 Å². The Balaban J connectivity index is 1.76. The molecule has 0 bridgehead atoms. The van der Waals surface area contributed by atoms with E-state index in [9.17, 15) is 26.7 Å². The molecular weight excluding hydrogens is 477 g/mol. The van der Waals surface area contributed by atoms with Gasteiger partial charge in [0.15, 0.2) is 5.82 Å². The van der Waals surface area contributed by atoms with Crippen LogP contribution in [0.1, 0.15) is 18.9 Å². The number of aromatic nitrogens is 1. The molecular formula is C22H20F5N5O3. The van der Waals surface area contributed by atoms with Gasteiger partial charge in [0.05, 0.1) is 24.7 Å². The SMILES string of the molecule is COC(=O)C1(C)CC(/C(N)=C/C(=Nc2ccc(NCc3c(F)cccc3F)cn2)C(F)(F)F)=NO1. The maximum atomic E-state index is 13.7. The van der Waals surface area contributed by atoms with E-state index in [1.165, 1.54) is 25.1 Å². The molecule has 1 unspecified atom stereocenters. The van der Waals surface area contributed by atoms with Crippen LogP contribution < -0.4 is 11.1 Å². The molecule has 3 N–H and O–H groups in total. The van der Waals surface area contributed by atoms with Crippen LogP contribution in [0, 0.1) is 11.6 Å². The molecule has 35 heavy (non-hydrogen) atoms. The van der Waals surface area contributed by atoms with Crippen molar-refractivity contribution in [1.29, 1.82) is 0 Å². The number of esters is 1. The van der Waals surface area contributed by atoms with Gasteiger partial charge < -0.3 is 20.6 Å². The molecule has 0 radical (unpaired) electrons. The number of carbonyl (C=O) groups excluding carboxylic acids is 1. The first-order valence-electron chi connectivity index (χ1n) is 10.0. The van der Waals surface area contributed by atoms with Crippen LogP contribution in [-0.4, -0.2) is 41.3 Å². The average Bonchev–Trinajstić information content (AvgIpc) is 3.21. The summed E-state index contributed by atoms with van der Waals surface area (Å²) in [5.41, 5.74) is 2.51. The van der Waals surface area contributed by atoms with Crippen LogP contribution in [0.2, 0.25) is 0 Å². The molecule has 2 heterocycles. The number of carbonyl (C=O) groups is 1. The minimum Gasteiger partial charge on any atom is -0.466 e. The first-order chi connectivity index (χ1) is 16.4. The molecule has 1 aliphatic heterocycles. The highest BCUT2D eigenvalue weighted by Gasteiger charge is 2.44. The zero-order valence-corrected chi connectivity index (χ0v) is 18.5. The van der Waals surface area contributed by atoms with Gasteiger partial charge in [-0.3, -0.25) is 0 Å². The first-order valence-corrected chi connectivity index (χ1v) is 10.0. The van der Waals surface area contributed by atoms with E-state index in [-0.39, 0.29) is 30.1 Å². The fourth-order valence-corrected chi connectivity index (χ4v) is 3.00. The van der Waals surface area contributed by atoms with Gasteiger partial charge >= 0.3 is 12.1 Å². The molecule has 3 rings (SSSR count). The quantitative estimate of drug-likeness (QED) is 0.338. The molecule has 1 aromatic carbocycles. The van der Waals surface area contributed by atoms with Gasteiger partial charge in [-0.15, -0.1) is 0 Å². The van der Waals surface area contributed by atoms with E-state index in [4.69, 9.17) is 10.6 Å². The fraction of sp³-hybridized carbons (Fsp3) is 0.273. The highest BCUT2D eigenvalue weighted by Crippen LogP contribution is 2.28. The Morgan fingerprint density at radius 3 is 2.54 bits per heavy atom. The molecule has 0 fully saturated rings. The van der Waals surface area contributed by atoms with E-state index < -0.39 is 40.8 Å². The zero-order valence-electron chi connectivity index (χ0n) is 18.5. The highest BCUT2D eigenvalue weighted by molar-refractivity contribution is 6.10. The third-order valence-corrected chi connectivity index (χ3v) is 4.91. The summed E-state index contributed by atoms with van der Waals surface area (Å²) in [6.45, 7) is 1.16. The van der Waals surface area contributed by atoms with Crippen LogP contribution in [0.15, 0.2) is 58.4 Å². The third kappa shape index (κ3) is 6.11. The second-order valence-corrected chi connectivity index (χ2v) is 7.58. The number of rotatable bonds is 7. The Kier molecular flexibility index (Phi) is 7.37. The van der Waals surface area contributed by atoms with E-state index >= 15 is 0 Å². The van der Waals surface area contributed by atoms with Gasteiger partial charge in [-0.2, -0.15) is 13.2 Å². The summed E-state index contributed by atoms with van der Waals surface area (Å²) < 4.78 is 72.7. The molecule has 0 saturated heterocycles. The predicted molar refractivity (Wildman–Crippen MR) is 117 cm³/mol. The van der Waals surface area contributed by atoms with Gasteiger partial charge in [0.25, 0.3) is 0 Å². The van der Waals surface area contributed by atoms with Gasteiger partial charge in [0, 0.05) is 18.5 Å². The minimum absolute atomic E-state index is 0.0808. The Labute approximate surface area is 196 Å². The van der Waals surface area contributed by atoms with Crippen LogP contribution in [0.4, 0.5) is 33.5 Å². The molecule has 0 aliphatic carbocycles. The van der Waals surface area contributed by atoms with Crippen molar-refractivity contribution < 1.29 is 36.3 Å². The number of ether oxygens (including phenoxy) is 1. The number of hydrogen-bond donors (Lipinski definition) is 2. The largest absolute Gasteiger partial charge is 0.466 e. The van der Waals surface area contributed by atoms with Gasteiger partial charge in [-0.25, -0.2) is 23.6 Å². The molecule has 186 valence electrons. The second kappa shape index (κ2) is 10.1. The summed E-state index contributed by atoms with van der Waals surface area (Å²) in [4.78, 5) is 24.1. The lowest BCUT2D eigenvalue weighted by molar-refractivity contribution is -0.164. The summed E-state index contributed by atoms with van der Waals surface area (Å²) in [6, 6.07) is 5.97. The lowest BCUT2D eigenvalue weighted by Crippen LogP contribution is -2.37. The summed E-state index contributed by atoms with van der Waals surface area (Å²) in [5, 5.41) is 6.32. The molecule has 0 amide bonds. The number of nitrogens with one attached hydrogen (secondary N) is 1. The number of alkyl halides is 3. The topological polar surface area (TPSA) is 111 Å². The molecule has 0 spiro atoms. The number of benzene rings is 1. The van der Waals surface area contributed by atoms with Gasteiger partial charge in [0.2, 0.25) is 5.60 Å². The minimum atomic E-state index is -4.89. The van der Waals surface area contributed by atoms with Crippen molar-refractivity contribution in [2.75, 3.05) is 12.4 Å². The Hall–Kier alpha value is -4.03. The number of pyridine rings is 1. The lowest BCUT2D eigenvalue weighted by Gasteiger charge is -2.17. The summed E-state index contributed by atoms with van der Waals surface area (Å²) in [6.07, 6.45) is -3.37. The number of halogens is 5. The van der Waals surface area contributed by atoms with Crippen LogP contribution in [0.5, 0.6) is 0 Å². The number of anilines is 1. The number of nitrogens with zero attached hydrogens (tertiary/aromatic N) is 3. The number of oxime groups is 1. The molecule has 1 aromatic heterocycles. The zero-order chi connectivity index (χ0) is 25.8. The number of aliphatic imine (C=N–C) groups is 1. The first kappa shape index (κ1) is 25.6. The van der Waals surface area contributed by atoms with Crippen molar-refractivity contribution >= 4 is 28.9 Å². The van der Waals surface area contributed by atoms with Crippen LogP contribution >= 0.6 is 0 Å². The second-order valence-electron chi connectivity index (χ2n) is 7.58. The Bertz CT molecular complexity index is 1170. The van der Waals surface area contributed by atoms with E-state index in [0.717, 1.165) is 25.4 Å². The van der Waals surface area contributed by atoms with Gasteiger partial charge in [0.1, 0.15) is 23.1 Å². The maximum Gasteiger partial charge on any atom is 0.433 e. The standard InChI is InChI=1S/C22H20F5N5O3/c1-21(20(33)34-2)9-17(32-35-21)16(28)8-18(22(25,26)27)31-19-7-6-12(10-30-19)29-11-13-14(23)4-3-5-15(13)24/h3-8,10,29H,9,11,28H2,1-2H3/b16-8-,31-18?. The van der Waals surface area contributed by atoms with Gasteiger partial charge in [-0.1, -0.05) is 11.2 Å². The van der Waals surface area contributed by atoms with Crippen molar-refractivity contribution in [2.24, 2.45) is 15.9 Å². The smallest absolute Gasteiger partial charge is 0.433 e.